The second kappa shape index (κ2) is 8.25. The fraction of sp³-hybridized carbons (Fsp3) is 0.462. The van der Waals surface area contributed by atoms with Gasteiger partial charge in [0.05, 0.1) is 0 Å². The number of carbonyl (C=O) groups is 1. The van der Waals surface area contributed by atoms with Gasteiger partial charge in [-0.1, -0.05) is 0 Å². The Morgan fingerprint density at radius 2 is 0.943 bits per heavy atom. The largest absolute Gasteiger partial charge is 0.460 e. The third-order valence-electron chi connectivity index (χ3n) is 3.79. The van der Waals surface area contributed by atoms with Crippen LogP contribution < -0.4 is 4.18 Å². The number of carbonyl (C=O) groups excluding carboxylic acids is 1. The lowest BCUT2D eigenvalue weighted by molar-refractivity contribution is -0.433. The Balaban J connectivity index is 3.79. The van der Waals surface area contributed by atoms with E-state index in [-0.39, 0.29) is 0 Å². The molecule has 22 heteroatoms. The van der Waals surface area contributed by atoms with Gasteiger partial charge in [-0.05, 0) is 0 Å². The summed E-state index contributed by atoms with van der Waals surface area (Å²) in [6.07, 6.45) is -9.06. The molecule has 0 aromatic heterocycles. The molecule has 0 atom stereocenters. The Kier molecular flexibility index (Phi) is 7.19. The molecule has 0 saturated carbocycles. The number of benzene rings is 1. The Hall–Kier alpha value is -2.55. The van der Waals surface area contributed by atoms with Crippen molar-refractivity contribution in [3.05, 3.63) is 28.8 Å². The SMILES string of the molecule is O=Cc1c(F)c(F)c(F)c(F)c1OS(=O)(=O)C(F)(F)C(F)(F)C(F)(F)C(F)(F)C(F)(F)C(F)(F)F. The number of rotatable bonds is 8. The van der Waals surface area contributed by atoms with Gasteiger partial charge in [0.2, 0.25) is 11.6 Å². The number of hydrogen-bond acceptors (Lipinski definition) is 4. The van der Waals surface area contributed by atoms with Crippen molar-refractivity contribution in [3.63, 3.8) is 0 Å². The maximum atomic E-state index is 13.7. The van der Waals surface area contributed by atoms with Crippen LogP contribution in [0.25, 0.3) is 0 Å². The minimum Gasteiger partial charge on any atom is -0.374 e. The molecule has 0 radical (unpaired) electrons. The van der Waals surface area contributed by atoms with Crippen molar-refractivity contribution in [1.29, 1.82) is 0 Å². The van der Waals surface area contributed by atoms with Crippen molar-refractivity contribution in [2.75, 3.05) is 0 Å². The number of hydrogen-bond donors (Lipinski definition) is 0. The van der Waals surface area contributed by atoms with Gasteiger partial charge in [0.25, 0.3) is 0 Å². The van der Waals surface area contributed by atoms with E-state index in [4.69, 9.17) is 0 Å². The topological polar surface area (TPSA) is 60.4 Å². The maximum Gasteiger partial charge on any atom is 0.460 e. The molecule has 0 bridgehead atoms. The second-order valence-corrected chi connectivity index (χ2v) is 7.55. The van der Waals surface area contributed by atoms with E-state index in [2.05, 4.69) is 4.18 Å². The van der Waals surface area contributed by atoms with Crippen LogP contribution in [-0.2, 0) is 10.1 Å². The first-order valence-corrected chi connectivity index (χ1v) is 8.80. The molecule has 0 aliphatic rings. The molecule has 0 amide bonds. The van der Waals surface area contributed by atoms with Crippen molar-refractivity contribution in [2.24, 2.45) is 0 Å². The summed E-state index contributed by atoms with van der Waals surface area (Å²) in [5, 5.41) is -8.04. The minimum atomic E-state index is -8.62. The van der Waals surface area contributed by atoms with Crippen molar-refractivity contribution < 1.29 is 92.0 Å². The highest BCUT2D eigenvalue weighted by molar-refractivity contribution is 7.88. The van der Waals surface area contributed by atoms with Gasteiger partial charge in [0.15, 0.2) is 23.7 Å². The molecule has 0 spiro atoms. The molecular weight excluding hydrogens is 575 g/mol. The van der Waals surface area contributed by atoms with Crippen molar-refractivity contribution >= 4 is 16.4 Å². The van der Waals surface area contributed by atoms with Crippen LogP contribution >= 0.6 is 0 Å². The lowest BCUT2D eigenvalue weighted by atomic mass is 9.98. The average molecular weight is 576 g/mol. The fourth-order valence-corrected chi connectivity index (χ4v) is 2.82. The highest BCUT2D eigenvalue weighted by Crippen LogP contribution is 2.61. The average Bonchev–Trinajstić information content (AvgIpc) is 2.68. The molecule has 1 aromatic rings. The second-order valence-electron chi connectivity index (χ2n) is 5.97. The van der Waals surface area contributed by atoms with Gasteiger partial charge in [-0.2, -0.15) is 69.9 Å². The summed E-state index contributed by atoms with van der Waals surface area (Å²) < 4.78 is 248. The molecule has 202 valence electrons. The summed E-state index contributed by atoms with van der Waals surface area (Å²) in [5.74, 6) is -49.3. The smallest absolute Gasteiger partial charge is 0.374 e. The summed E-state index contributed by atoms with van der Waals surface area (Å²) in [4.78, 5) is 10.6. The minimum absolute atomic E-state index is 1.24. The summed E-state index contributed by atoms with van der Waals surface area (Å²) in [5.41, 5.74) is -2.54. The Labute approximate surface area is 179 Å². The summed E-state index contributed by atoms with van der Waals surface area (Å²) in [6.45, 7) is 0. The van der Waals surface area contributed by atoms with Gasteiger partial charge in [-0.3, -0.25) is 4.79 Å². The molecule has 0 saturated heterocycles. The molecular formula is C13HF17O4S. The number of aldehydes is 1. The van der Waals surface area contributed by atoms with Gasteiger partial charge in [-0.15, -0.1) is 0 Å². The van der Waals surface area contributed by atoms with E-state index in [9.17, 15) is 87.8 Å². The van der Waals surface area contributed by atoms with Crippen LogP contribution in [0, 0.1) is 23.3 Å². The molecule has 35 heavy (non-hydrogen) atoms. The lowest BCUT2D eigenvalue weighted by Crippen LogP contribution is -2.71. The third kappa shape index (κ3) is 4.01. The Bertz CT molecular complexity index is 1120. The summed E-state index contributed by atoms with van der Waals surface area (Å²) in [7, 11) is -8.27. The fourth-order valence-electron chi connectivity index (χ4n) is 1.89. The zero-order valence-corrected chi connectivity index (χ0v) is 15.9. The predicted molar refractivity (Wildman–Crippen MR) is 72.0 cm³/mol. The van der Waals surface area contributed by atoms with Crippen LogP contribution in [0.4, 0.5) is 74.6 Å². The van der Waals surface area contributed by atoms with Gasteiger partial charge in [0, 0.05) is 0 Å². The maximum absolute atomic E-state index is 13.7. The highest BCUT2D eigenvalue weighted by atomic mass is 32.2. The first-order chi connectivity index (χ1) is 15.2. The van der Waals surface area contributed by atoms with Crippen LogP contribution in [0.1, 0.15) is 10.4 Å². The molecule has 0 fully saturated rings. The van der Waals surface area contributed by atoms with E-state index in [1.54, 1.807) is 0 Å². The van der Waals surface area contributed by atoms with E-state index in [1.807, 2.05) is 0 Å². The number of halogens is 17. The molecule has 0 unspecified atom stereocenters. The van der Waals surface area contributed by atoms with Crippen LogP contribution in [-0.4, -0.2) is 49.8 Å². The monoisotopic (exact) mass is 576 g/mol. The van der Waals surface area contributed by atoms with Gasteiger partial charge in [0.1, 0.15) is 5.56 Å². The van der Waals surface area contributed by atoms with E-state index in [1.165, 1.54) is 0 Å². The first-order valence-electron chi connectivity index (χ1n) is 7.40. The van der Waals surface area contributed by atoms with Crippen molar-refractivity contribution in [1.82, 2.24) is 0 Å². The summed E-state index contributed by atoms with van der Waals surface area (Å²) in [6, 6.07) is 0. The molecule has 1 rings (SSSR count). The van der Waals surface area contributed by atoms with E-state index >= 15 is 0 Å². The van der Waals surface area contributed by atoms with Gasteiger partial charge < -0.3 is 4.18 Å². The van der Waals surface area contributed by atoms with E-state index in [0.717, 1.165) is 0 Å². The lowest BCUT2D eigenvalue weighted by Gasteiger charge is -2.38. The zero-order valence-electron chi connectivity index (χ0n) is 15.0. The zero-order chi connectivity index (χ0) is 28.4. The highest BCUT2D eigenvalue weighted by Gasteiger charge is 2.93. The van der Waals surface area contributed by atoms with Crippen molar-refractivity contribution in [3.8, 4) is 5.75 Å². The molecule has 0 N–H and O–H groups in total. The number of alkyl halides is 13. The molecule has 0 aliphatic carbocycles. The van der Waals surface area contributed by atoms with Crippen LogP contribution in [0.15, 0.2) is 0 Å². The molecule has 0 heterocycles. The quantitative estimate of drug-likeness (QED) is 0.136. The van der Waals surface area contributed by atoms with Crippen LogP contribution in [0.3, 0.4) is 0 Å². The normalized spacial score (nSPS) is 14.8. The van der Waals surface area contributed by atoms with E-state index < -0.39 is 86.1 Å². The Morgan fingerprint density at radius 3 is 1.31 bits per heavy atom. The molecule has 4 nitrogen and oxygen atoms in total. The Morgan fingerprint density at radius 1 is 0.571 bits per heavy atom. The first kappa shape index (κ1) is 30.5. The van der Waals surface area contributed by atoms with E-state index in [0.29, 0.717) is 0 Å². The third-order valence-corrected chi connectivity index (χ3v) is 5.06. The molecule has 0 aliphatic heterocycles. The standard InChI is InChI=1S/C13HF17O4S/c14-3-2(1-31)7(6(17)5(16)4(3)15)34-35(32,33)13(29,30)11(24,25)9(20,21)8(18,19)10(22,23)12(26,27)28/h1H. The van der Waals surface area contributed by atoms with Crippen LogP contribution in [0.2, 0.25) is 0 Å². The van der Waals surface area contributed by atoms with Gasteiger partial charge in [-0.25, -0.2) is 13.2 Å². The predicted octanol–water partition coefficient (Wildman–Crippen LogP) is 5.46. The van der Waals surface area contributed by atoms with Gasteiger partial charge >= 0.3 is 45.2 Å². The summed E-state index contributed by atoms with van der Waals surface area (Å²) >= 11 is 0. The van der Waals surface area contributed by atoms with Crippen molar-refractivity contribution in [2.45, 2.75) is 35.1 Å². The van der Waals surface area contributed by atoms with Crippen LogP contribution in [0.5, 0.6) is 5.75 Å². The molecule has 1 aromatic carbocycles.